The maximum absolute atomic E-state index is 12.4. The predicted molar refractivity (Wildman–Crippen MR) is 69.3 cm³/mol. The smallest absolute Gasteiger partial charge is 0.305 e. The van der Waals surface area contributed by atoms with E-state index in [4.69, 9.17) is 16.7 Å². The van der Waals surface area contributed by atoms with Crippen LogP contribution in [0, 0.1) is 0 Å². The van der Waals surface area contributed by atoms with Crippen molar-refractivity contribution in [2.75, 3.05) is 13.1 Å². The van der Waals surface area contributed by atoms with Crippen molar-refractivity contribution in [1.82, 2.24) is 15.2 Å². The van der Waals surface area contributed by atoms with Crippen LogP contribution in [0.25, 0.3) is 0 Å². The van der Waals surface area contributed by atoms with E-state index in [2.05, 4.69) is 10.3 Å². The van der Waals surface area contributed by atoms with Crippen molar-refractivity contribution in [3.63, 3.8) is 0 Å². The fourth-order valence-electron chi connectivity index (χ4n) is 2.02. The molecule has 8 heteroatoms. The number of hydrogen-bond acceptors (Lipinski definition) is 4. The molecule has 20 heavy (non-hydrogen) atoms. The van der Waals surface area contributed by atoms with Gasteiger partial charge in [-0.3, -0.25) is 19.4 Å². The van der Waals surface area contributed by atoms with Gasteiger partial charge in [0.1, 0.15) is 6.04 Å². The maximum Gasteiger partial charge on any atom is 0.305 e. The molecule has 1 fully saturated rings. The predicted octanol–water partition coefficient (Wildman–Crippen LogP) is 0.150. The first-order valence-electron chi connectivity index (χ1n) is 5.90. The monoisotopic (exact) mass is 297 g/mol. The second-order valence-corrected chi connectivity index (χ2v) is 4.67. The number of piperazine rings is 1. The molecule has 1 aromatic heterocycles. The second kappa shape index (κ2) is 5.87. The van der Waals surface area contributed by atoms with Crippen LogP contribution >= 0.6 is 11.6 Å². The lowest BCUT2D eigenvalue weighted by Gasteiger charge is -2.34. The Morgan fingerprint density at radius 3 is 2.95 bits per heavy atom. The van der Waals surface area contributed by atoms with Crippen molar-refractivity contribution in [2.45, 2.75) is 12.5 Å². The molecule has 1 atom stereocenters. The number of rotatable bonds is 3. The summed E-state index contributed by atoms with van der Waals surface area (Å²) < 4.78 is 0. The minimum Gasteiger partial charge on any atom is -0.481 e. The van der Waals surface area contributed by atoms with Crippen LogP contribution in [-0.2, 0) is 9.59 Å². The topological polar surface area (TPSA) is 99.6 Å². The van der Waals surface area contributed by atoms with E-state index < -0.39 is 30.2 Å². The molecule has 2 rings (SSSR count). The van der Waals surface area contributed by atoms with Crippen molar-refractivity contribution < 1.29 is 19.5 Å². The molecule has 0 radical (unpaired) electrons. The molecular weight excluding hydrogens is 286 g/mol. The van der Waals surface area contributed by atoms with Gasteiger partial charge in [-0.25, -0.2) is 0 Å². The van der Waals surface area contributed by atoms with E-state index >= 15 is 0 Å². The Kier molecular flexibility index (Phi) is 4.19. The lowest BCUT2D eigenvalue weighted by Crippen LogP contribution is -2.57. The maximum atomic E-state index is 12.4. The standard InChI is InChI=1S/C12H12ClN3O4/c13-8-1-2-14-6-7(8)12(20)16-4-3-15-11(19)9(16)5-10(17)18/h1-2,6,9H,3-5H2,(H,15,19)(H,17,18). The fraction of sp³-hybridized carbons (Fsp3) is 0.333. The van der Waals surface area contributed by atoms with Gasteiger partial charge in [-0.2, -0.15) is 0 Å². The van der Waals surface area contributed by atoms with Gasteiger partial charge in [0.2, 0.25) is 5.91 Å². The number of carboxylic acid groups (broad SMARTS) is 1. The highest BCUT2D eigenvalue weighted by molar-refractivity contribution is 6.33. The second-order valence-electron chi connectivity index (χ2n) is 4.26. The van der Waals surface area contributed by atoms with E-state index in [1.54, 1.807) is 0 Å². The summed E-state index contributed by atoms with van der Waals surface area (Å²) in [5.41, 5.74) is 0.152. The van der Waals surface area contributed by atoms with Crippen LogP contribution < -0.4 is 5.32 Å². The van der Waals surface area contributed by atoms with Gasteiger partial charge in [0, 0.05) is 25.5 Å². The minimum absolute atomic E-state index is 0.152. The van der Waals surface area contributed by atoms with E-state index in [0.717, 1.165) is 0 Å². The highest BCUT2D eigenvalue weighted by Gasteiger charge is 2.35. The Bertz CT molecular complexity index is 563. The summed E-state index contributed by atoms with van der Waals surface area (Å²) in [7, 11) is 0. The van der Waals surface area contributed by atoms with Gasteiger partial charge >= 0.3 is 5.97 Å². The average Bonchev–Trinajstić information content (AvgIpc) is 2.40. The molecule has 1 aliphatic heterocycles. The molecule has 1 aromatic rings. The zero-order valence-electron chi connectivity index (χ0n) is 10.4. The number of carbonyl (C=O) groups excluding carboxylic acids is 2. The lowest BCUT2D eigenvalue weighted by molar-refractivity contribution is -0.142. The number of carboxylic acids is 1. The molecule has 7 nitrogen and oxygen atoms in total. The summed E-state index contributed by atoms with van der Waals surface area (Å²) in [6, 6.07) is 0.426. The van der Waals surface area contributed by atoms with Crippen molar-refractivity contribution in [2.24, 2.45) is 0 Å². The first-order chi connectivity index (χ1) is 9.50. The van der Waals surface area contributed by atoms with Crippen molar-refractivity contribution in [3.05, 3.63) is 29.0 Å². The number of halogens is 1. The zero-order valence-corrected chi connectivity index (χ0v) is 11.1. The van der Waals surface area contributed by atoms with E-state index in [1.165, 1.54) is 23.4 Å². The van der Waals surface area contributed by atoms with Crippen LogP contribution in [0.2, 0.25) is 5.02 Å². The molecule has 0 spiro atoms. The first-order valence-corrected chi connectivity index (χ1v) is 6.28. The quantitative estimate of drug-likeness (QED) is 0.827. The fourth-order valence-corrected chi connectivity index (χ4v) is 2.20. The molecule has 2 amide bonds. The van der Waals surface area contributed by atoms with E-state index in [0.29, 0.717) is 0 Å². The van der Waals surface area contributed by atoms with Gasteiger partial charge in [-0.1, -0.05) is 11.6 Å². The molecular formula is C12H12ClN3O4. The van der Waals surface area contributed by atoms with Gasteiger partial charge < -0.3 is 15.3 Å². The first kappa shape index (κ1) is 14.3. The number of aromatic nitrogens is 1. The molecule has 1 aliphatic rings. The summed E-state index contributed by atoms with van der Waals surface area (Å²) in [5.74, 6) is -2.13. The molecule has 0 saturated carbocycles. The van der Waals surface area contributed by atoms with E-state index in [9.17, 15) is 14.4 Å². The summed E-state index contributed by atoms with van der Waals surface area (Å²) in [6.45, 7) is 0.506. The Morgan fingerprint density at radius 2 is 2.30 bits per heavy atom. The van der Waals surface area contributed by atoms with Crippen LogP contribution in [-0.4, -0.2) is 51.9 Å². The van der Waals surface area contributed by atoms with Gasteiger partial charge in [-0.05, 0) is 6.07 Å². The highest BCUT2D eigenvalue weighted by Crippen LogP contribution is 2.19. The normalized spacial score (nSPS) is 18.6. The van der Waals surface area contributed by atoms with Gasteiger partial charge in [0.05, 0.1) is 17.0 Å². The molecule has 0 aromatic carbocycles. The number of hydrogen-bond donors (Lipinski definition) is 2. The van der Waals surface area contributed by atoms with Crippen molar-refractivity contribution >= 4 is 29.4 Å². The van der Waals surface area contributed by atoms with E-state index in [1.807, 2.05) is 0 Å². The Balaban J connectivity index is 2.28. The number of aliphatic carboxylic acids is 1. The van der Waals surface area contributed by atoms with Crippen molar-refractivity contribution in [3.8, 4) is 0 Å². The highest BCUT2D eigenvalue weighted by atomic mass is 35.5. The summed E-state index contributed by atoms with van der Waals surface area (Å²) in [4.78, 5) is 40.0. The number of amides is 2. The zero-order chi connectivity index (χ0) is 14.7. The molecule has 1 unspecified atom stereocenters. The van der Waals surface area contributed by atoms with Crippen LogP contribution in [0.3, 0.4) is 0 Å². The van der Waals surface area contributed by atoms with Gasteiger partial charge in [0.15, 0.2) is 0 Å². The SMILES string of the molecule is O=C(O)CC1C(=O)NCCN1C(=O)c1cnccc1Cl. The third kappa shape index (κ3) is 2.88. The number of carbonyl (C=O) groups is 3. The average molecular weight is 298 g/mol. The molecule has 106 valence electrons. The third-order valence-electron chi connectivity index (χ3n) is 2.96. The number of pyridine rings is 1. The summed E-state index contributed by atoms with van der Waals surface area (Å²) in [5, 5.41) is 11.6. The molecule has 2 N–H and O–H groups in total. The molecule has 1 saturated heterocycles. The van der Waals surface area contributed by atoms with Crippen LogP contribution in [0.4, 0.5) is 0 Å². The molecule has 0 bridgehead atoms. The third-order valence-corrected chi connectivity index (χ3v) is 3.29. The van der Waals surface area contributed by atoms with Crippen LogP contribution in [0.5, 0.6) is 0 Å². The van der Waals surface area contributed by atoms with Crippen LogP contribution in [0.1, 0.15) is 16.8 Å². The summed E-state index contributed by atoms with van der Waals surface area (Å²) in [6.07, 6.45) is 2.29. The number of nitrogens with zero attached hydrogens (tertiary/aromatic N) is 2. The van der Waals surface area contributed by atoms with Gasteiger partial charge in [-0.15, -0.1) is 0 Å². The number of nitrogens with one attached hydrogen (secondary N) is 1. The summed E-state index contributed by atoms with van der Waals surface area (Å²) >= 11 is 5.92. The Hall–Kier alpha value is -2.15. The van der Waals surface area contributed by atoms with Crippen LogP contribution in [0.15, 0.2) is 18.5 Å². The lowest BCUT2D eigenvalue weighted by atomic mass is 10.1. The largest absolute Gasteiger partial charge is 0.481 e. The van der Waals surface area contributed by atoms with Crippen molar-refractivity contribution in [1.29, 1.82) is 0 Å². The Morgan fingerprint density at radius 1 is 1.55 bits per heavy atom. The molecule has 0 aliphatic carbocycles. The molecule has 2 heterocycles. The Labute approximate surface area is 119 Å². The minimum atomic E-state index is -1.15. The van der Waals surface area contributed by atoms with Gasteiger partial charge in [0.25, 0.3) is 5.91 Å². The van der Waals surface area contributed by atoms with E-state index in [-0.39, 0.29) is 23.7 Å².